The van der Waals surface area contributed by atoms with E-state index >= 15 is 0 Å². The van der Waals surface area contributed by atoms with Gasteiger partial charge in [0.25, 0.3) is 0 Å². The van der Waals surface area contributed by atoms with Gasteiger partial charge in [-0.2, -0.15) is 4.99 Å². The van der Waals surface area contributed by atoms with Gasteiger partial charge in [0.2, 0.25) is 5.91 Å². The van der Waals surface area contributed by atoms with E-state index in [1.807, 2.05) is 29.8 Å². The number of aryl methyl sites for hydroxylation is 1. The normalized spacial score (nSPS) is 12.8. The Labute approximate surface area is 175 Å². The molecule has 7 heteroatoms. The van der Waals surface area contributed by atoms with Crippen LogP contribution in [0.2, 0.25) is 0 Å². The molecular formula is C22H26N2O3S2. The summed E-state index contributed by atoms with van der Waals surface area (Å²) in [6.07, 6.45) is 0.406. The van der Waals surface area contributed by atoms with Crippen molar-refractivity contribution in [3.05, 3.63) is 64.5 Å². The molecule has 0 aliphatic heterocycles. The average molecular weight is 431 g/mol. The fourth-order valence-electron chi connectivity index (χ4n) is 3.12. The van der Waals surface area contributed by atoms with Crippen molar-refractivity contribution in [2.45, 2.75) is 38.4 Å². The number of sulfone groups is 1. The minimum atomic E-state index is -3.24. The number of fused-ring (bicyclic) bond motifs is 1. The molecule has 0 spiro atoms. The Balaban J connectivity index is 1.65. The van der Waals surface area contributed by atoms with Crippen LogP contribution in [-0.4, -0.2) is 24.6 Å². The second kappa shape index (κ2) is 9.05. The van der Waals surface area contributed by atoms with Gasteiger partial charge in [-0.3, -0.25) is 4.79 Å². The summed E-state index contributed by atoms with van der Waals surface area (Å²) in [4.78, 5) is 17.2. The zero-order chi connectivity index (χ0) is 21.0. The summed E-state index contributed by atoms with van der Waals surface area (Å²) >= 11 is 1.48. The molecule has 0 saturated carbocycles. The number of hydrogen-bond acceptors (Lipinski definition) is 4. The Morgan fingerprint density at radius 3 is 2.55 bits per heavy atom. The molecule has 1 amide bonds. The third-order valence-electron chi connectivity index (χ3n) is 4.80. The predicted molar refractivity (Wildman–Crippen MR) is 119 cm³/mol. The first-order valence-electron chi connectivity index (χ1n) is 9.66. The highest BCUT2D eigenvalue weighted by Crippen LogP contribution is 2.23. The highest BCUT2D eigenvalue weighted by molar-refractivity contribution is 7.90. The van der Waals surface area contributed by atoms with Crippen molar-refractivity contribution in [1.82, 2.24) is 4.57 Å². The van der Waals surface area contributed by atoms with Gasteiger partial charge in [0.1, 0.15) is 0 Å². The van der Waals surface area contributed by atoms with Crippen LogP contribution in [0.5, 0.6) is 0 Å². The summed E-state index contributed by atoms with van der Waals surface area (Å²) < 4.78 is 27.5. The average Bonchev–Trinajstić information content (AvgIpc) is 2.97. The van der Waals surface area contributed by atoms with Crippen LogP contribution in [0, 0.1) is 0 Å². The Kier molecular flexibility index (Phi) is 6.70. The summed E-state index contributed by atoms with van der Waals surface area (Å²) in [6.45, 7) is 4.30. The van der Waals surface area contributed by atoms with Crippen molar-refractivity contribution >= 4 is 37.3 Å². The standard InChI is InChI=1S/C22H26N2O3S2/c1-16(2)18-11-12-19-20(14-18)28-22(24(19)3)23-21(25)10-7-13-29(26,27)15-17-8-5-4-6-9-17/h4-6,8-9,11-12,14,16H,7,10,13,15H2,1-3H3. The van der Waals surface area contributed by atoms with E-state index in [0.29, 0.717) is 10.7 Å². The fraction of sp³-hybridized carbons (Fsp3) is 0.364. The van der Waals surface area contributed by atoms with Crippen LogP contribution in [-0.2, 0) is 27.4 Å². The Morgan fingerprint density at radius 1 is 1.14 bits per heavy atom. The molecule has 0 aliphatic carbocycles. The van der Waals surface area contributed by atoms with Crippen LogP contribution in [0.4, 0.5) is 0 Å². The van der Waals surface area contributed by atoms with Crippen molar-refractivity contribution in [1.29, 1.82) is 0 Å². The summed E-state index contributed by atoms with van der Waals surface area (Å²) in [6, 6.07) is 15.4. The number of carbonyl (C=O) groups is 1. The van der Waals surface area contributed by atoms with Crippen molar-refractivity contribution in [3.8, 4) is 0 Å². The van der Waals surface area contributed by atoms with Gasteiger partial charge in [0.05, 0.1) is 21.7 Å². The number of nitrogens with zero attached hydrogens (tertiary/aromatic N) is 2. The Hall–Kier alpha value is -2.25. The number of amides is 1. The highest BCUT2D eigenvalue weighted by atomic mass is 32.2. The number of aromatic nitrogens is 1. The first-order valence-corrected chi connectivity index (χ1v) is 12.3. The third-order valence-corrected chi connectivity index (χ3v) is 7.57. The molecule has 0 bridgehead atoms. The van der Waals surface area contributed by atoms with E-state index < -0.39 is 9.84 Å². The molecule has 0 N–H and O–H groups in total. The van der Waals surface area contributed by atoms with E-state index in [0.717, 1.165) is 15.8 Å². The van der Waals surface area contributed by atoms with Crippen molar-refractivity contribution in [2.75, 3.05) is 5.75 Å². The molecule has 3 aromatic rings. The first-order chi connectivity index (χ1) is 13.7. The highest BCUT2D eigenvalue weighted by Gasteiger charge is 2.13. The smallest absolute Gasteiger partial charge is 0.248 e. The van der Waals surface area contributed by atoms with Gasteiger partial charge in [-0.25, -0.2) is 8.42 Å². The number of carbonyl (C=O) groups excluding carboxylic acids is 1. The van der Waals surface area contributed by atoms with E-state index in [4.69, 9.17) is 0 Å². The van der Waals surface area contributed by atoms with E-state index in [1.165, 1.54) is 16.9 Å². The zero-order valence-electron chi connectivity index (χ0n) is 17.0. The van der Waals surface area contributed by atoms with Gasteiger partial charge < -0.3 is 4.57 Å². The van der Waals surface area contributed by atoms with Crippen LogP contribution in [0.1, 0.15) is 43.7 Å². The molecule has 1 heterocycles. The maximum Gasteiger partial charge on any atom is 0.248 e. The lowest BCUT2D eigenvalue weighted by molar-refractivity contribution is -0.118. The van der Waals surface area contributed by atoms with Crippen LogP contribution >= 0.6 is 11.3 Å². The van der Waals surface area contributed by atoms with Gasteiger partial charge in [0, 0.05) is 13.5 Å². The molecule has 0 atom stereocenters. The summed E-state index contributed by atoms with van der Waals surface area (Å²) in [7, 11) is -1.35. The molecule has 3 rings (SSSR count). The molecule has 0 unspecified atom stereocenters. The van der Waals surface area contributed by atoms with Gasteiger partial charge in [0.15, 0.2) is 14.6 Å². The van der Waals surface area contributed by atoms with Crippen LogP contribution in [0.3, 0.4) is 0 Å². The summed E-state index contributed by atoms with van der Waals surface area (Å²) in [5.41, 5.74) is 3.05. The maximum atomic E-state index is 12.3. The van der Waals surface area contributed by atoms with E-state index in [-0.39, 0.29) is 30.3 Å². The van der Waals surface area contributed by atoms with E-state index in [9.17, 15) is 13.2 Å². The van der Waals surface area contributed by atoms with Crippen molar-refractivity contribution in [3.63, 3.8) is 0 Å². The number of benzene rings is 2. The topological polar surface area (TPSA) is 68.5 Å². The predicted octanol–water partition coefficient (Wildman–Crippen LogP) is 4.19. The molecule has 0 saturated heterocycles. The van der Waals surface area contributed by atoms with Crippen LogP contribution in [0.15, 0.2) is 53.5 Å². The van der Waals surface area contributed by atoms with Gasteiger partial charge in [-0.15, -0.1) is 0 Å². The lowest BCUT2D eigenvalue weighted by Crippen LogP contribution is -2.14. The molecule has 29 heavy (non-hydrogen) atoms. The zero-order valence-corrected chi connectivity index (χ0v) is 18.6. The maximum absolute atomic E-state index is 12.3. The van der Waals surface area contributed by atoms with Gasteiger partial charge >= 0.3 is 0 Å². The Bertz CT molecular complexity index is 1170. The monoisotopic (exact) mass is 430 g/mol. The molecule has 0 radical (unpaired) electrons. The van der Waals surface area contributed by atoms with E-state index in [1.54, 1.807) is 12.1 Å². The molecule has 5 nitrogen and oxygen atoms in total. The van der Waals surface area contributed by atoms with Crippen molar-refractivity contribution < 1.29 is 13.2 Å². The first kappa shape index (κ1) is 21.5. The lowest BCUT2D eigenvalue weighted by Gasteiger charge is -2.04. The number of rotatable bonds is 7. The summed E-state index contributed by atoms with van der Waals surface area (Å²) in [5.74, 6) is 0.139. The van der Waals surface area contributed by atoms with Gasteiger partial charge in [-0.05, 0) is 35.6 Å². The minimum absolute atomic E-state index is 0.00261. The lowest BCUT2D eigenvalue weighted by atomic mass is 10.0. The molecule has 0 aliphatic rings. The third kappa shape index (κ3) is 5.64. The molecule has 1 aromatic heterocycles. The SMILES string of the molecule is CC(C)c1ccc2c(c1)sc(=NC(=O)CCCS(=O)(=O)Cc1ccccc1)n2C. The molecule has 2 aromatic carbocycles. The number of hydrogen-bond donors (Lipinski definition) is 0. The Morgan fingerprint density at radius 2 is 1.86 bits per heavy atom. The summed E-state index contributed by atoms with van der Waals surface area (Å²) in [5, 5.41) is 0. The second-order valence-electron chi connectivity index (χ2n) is 7.51. The largest absolute Gasteiger partial charge is 0.319 e. The minimum Gasteiger partial charge on any atom is -0.319 e. The van der Waals surface area contributed by atoms with Crippen LogP contribution in [0.25, 0.3) is 10.2 Å². The molecule has 154 valence electrons. The fourth-order valence-corrected chi connectivity index (χ4v) is 5.64. The van der Waals surface area contributed by atoms with Gasteiger partial charge in [-0.1, -0.05) is 61.6 Å². The number of thiazole rings is 1. The molecule has 0 fully saturated rings. The van der Waals surface area contributed by atoms with Crippen LogP contribution < -0.4 is 4.80 Å². The van der Waals surface area contributed by atoms with E-state index in [2.05, 4.69) is 37.0 Å². The van der Waals surface area contributed by atoms with Crippen molar-refractivity contribution in [2.24, 2.45) is 12.0 Å². The quantitative estimate of drug-likeness (QED) is 0.564. The molecular weight excluding hydrogens is 404 g/mol. The second-order valence-corrected chi connectivity index (χ2v) is 10.7.